The fourth-order valence-electron chi connectivity index (χ4n) is 2.84. The summed E-state index contributed by atoms with van der Waals surface area (Å²) in [5.74, 6) is 0.708. The van der Waals surface area contributed by atoms with E-state index in [4.69, 9.17) is 4.74 Å². The lowest BCUT2D eigenvalue weighted by atomic mass is 10.0. The van der Waals surface area contributed by atoms with Gasteiger partial charge in [0.05, 0.1) is 5.69 Å². The molecule has 2 fully saturated rings. The largest absolute Gasteiger partial charge is 0.428 e. The van der Waals surface area contributed by atoms with Gasteiger partial charge in [-0.1, -0.05) is 15.9 Å². The van der Waals surface area contributed by atoms with E-state index in [-0.39, 0.29) is 17.9 Å². The fraction of sp³-hybridized carbons (Fsp3) is 0.333. The quantitative estimate of drug-likeness (QED) is 0.725. The number of carbonyl (C=O) groups excluding carboxylic acids is 2. The van der Waals surface area contributed by atoms with Gasteiger partial charge in [-0.25, -0.2) is 4.90 Å². The zero-order valence-corrected chi connectivity index (χ0v) is 12.1. The van der Waals surface area contributed by atoms with Crippen LogP contribution >= 0.6 is 27.7 Å². The topological polar surface area (TPSA) is 58.6 Å². The summed E-state index contributed by atoms with van der Waals surface area (Å²) >= 11 is 5.04. The Hall–Kier alpha value is -1.05. The molecule has 3 aliphatic heterocycles. The van der Waals surface area contributed by atoms with Crippen LogP contribution in [0.25, 0.3) is 0 Å². The maximum absolute atomic E-state index is 12.4. The Kier molecular flexibility index (Phi) is 2.31. The third-order valence-corrected chi connectivity index (χ3v) is 5.22. The summed E-state index contributed by atoms with van der Waals surface area (Å²) in [6, 6.07) is 5.19. The van der Waals surface area contributed by atoms with Gasteiger partial charge in [-0.2, -0.15) is 0 Å². The number of hydrogen-bond acceptors (Lipinski definition) is 5. The van der Waals surface area contributed by atoms with Gasteiger partial charge in [0, 0.05) is 21.7 Å². The molecule has 1 aromatic carbocycles. The number of anilines is 1. The van der Waals surface area contributed by atoms with Crippen molar-refractivity contribution in [3.63, 3.8) is 0 Å². The van der Waals surface area contributed by atoms with E-state index < -0.39 is 5.72 Å². The minimum atomic E-state index is -1.27. The highest BCUT2D eigenvalue weighted by Gasteiger charge is 2.64. The Morgan fingerprint density at radius 1 is 1.47 bits per heavy atom. The number of amides is 1. The van der Waals surface area contributed by atoms with E-state index in [9.17, 15) is 9.59 Å². The normalized spacial score (nSPS) is 32.4. The van der Waals surface area contributed by atoms with Crippen LogP contribution < -0.4 is 5.32 Å². The molecule has 0 radical (unpaired) electrons. The van der Waals surface area contributed by atoms with Gasteiger partial charge in [0.2, 0.25) is 0 Å². The molecule has 0 unspecified atom stereocenters. The van der Waals surface area contributed by atoms with E-state index >= 15 is 0 Å². The second kappa shape index (κ2) is 3.74. The molecule has 2 atom stereocenters. The van der Waals surface area contributed by atoms with E-state index in [0.29, 0.717) is 22.9 Å². The van der Waals surface area contributed by atoms with Crippen molar-refractivity contribution in [1.29, 1.82) is 0 Å². The highest BCUT2D eigenvalue weighted by atomic mass is 79.9. The number of halogens is 1. The highest BCUT2D eigenvalue weighted by molar-refractivity contribution is 9.10. The number of esters is 1. The molecule has 5 nitrogen and oxygen atoms in total. The van der Waals surface area contributed by atoms with Crippen molar-refractivity contribution < 1.29 is 14.3 Å². The number of rotatable bonds is 0. The molecular formula is C12H9BrN2O3S. The lowest BCUT2D eigenvalue weighted by molar-refractivity contribution is -0.164. The zero-order valence-electron chi connectivity index (χ0n) is 9.68. The Morgan fingerprint density at radius 2 is 2.32 bits per heavy atom. The summed E-state index contributed by atoms with van der Waals surface area (Å²) in [5.41, 5.74) is 0.147. The summed E-state index contributed by atoms with van der Waals surface area (Å²) in [5, 5.41) is 2.80. The average molecular weight is 341 g/mol. The maximum atomic E-state index is 12.4. The molecule has 0 aromatic heterocycles. The van der Waals surface area contributed by atoms with Crippen LogP contribution in [0.3, 0.4) is 0 Å². The Balaban J connectivity index is 1.94. The van der Waals surface area contributed by atoms with Crippen molar-refractivity contribution in [3.05, 3.63) is 28.2 Å². The van der Waals surface area contributed by atoms with Gasteiger partial charge >= 0.3 is 5.97 Å². The second-order valence-corrected chi connectivity index (χ2v) is 6.61. The van der Waals surface area contributed by atoms with Gasteiger partial charge in [-0.15, -0.1) is 11.8 Å². The van der Waals surface area contributed by atoms with Crippen LogP contribution in [0.2, 0.25) is 0 Å². The predicted octanol–water partition coefficient (Wildman–Crippen LogP) is 1.49. The summed E-state index contributed by atoms with van der Waals surface area (Å²) < 4.78 is 6.37. The van der Waals surface area contributed by atoms with Gasteiger partial charge in [0.25, 0.3) is 11.6 Å². The molecular weight excluding hydrogens is 332 g/mol. The fourth-order valence-corrected chi connectivity index (χ4v) is 4.41. The SMILES string of the molecule is O=C1O[C@@]2(C(=O)Nc3ccc(Br)cc32)N2CSC[C@@H]12. The van der Waals surface area contributed by atoms with Crippen LogP contribution in [0.1, 0.15) is 5.56 Å². The number of nitrogens with one attached hydrogen (secondary N) is 1. The number of hydrogen-bond donors (Lipinski definition) is 1. The Morgan fingerprint density at radius 3 is 3.16 bits per heavy atom. The highest BCUT2D eigenvalue weighted by Crippen LogP contribution is 2.50. The molecule has 1 spiro atoms. The number of nitrogens with zero attached hydrogens (tertiary/aromatic N) is 1. The lowest BCUT2D eigenvalue weighted by Gasteiger charge is -2.28. The standard InChI is InChI=1S/C12H9BrN2O3S/c13-6-1-2-8-7(3-6)12(11(17)14-8)15-5-19-4-9(15)10(16)18-12/h1-3,9H,4-5H2,(H,14,17)/t9-,12-/m0/s1. The monoisotopic (exact) mass is 340 g/mol. The molecule has 7 heteroatoms. The average Bonchev–Trinajstić information content (AvgIpc) is 3.01. The summed E-state index contributed by atoms with van der Waals surface area (Å²) in [6.45, 7) is 0. The van der Waals surface area contributed by atoms with Crippen molar-refractivity contribution in [2.75, 3.05) is 16.9 Å². The smallest absolute Gasteiger partial charge is 0.326 e. The van der Waals surface area contributed by atoms with Crippen LogP contribution in [-0.2, 0) is 20.1 Å². The lowest BCUT2D eigenvalue weighted by Crippen LogP contribution is -2.48. The second-order valence-electron chi connectivity index (χ2n) is 4.69. The molecule has 19 heavy (non-hydrogen) atoms. The first-order valence-corrected chi connectivity index (χ1v) is 7.76. The van der Waals surface area contributed by atoms with Crippen molar-refractivity contribution >= 4 is 45.3 Å². The van der Waals surface area contributed by atoms with Gasteiger partial charge in [-0.05, 0) is 18.2 Å². The van der Waals surface area contributed by atoms with Crippen LogP contribution in [0.4, 0.5) is 5.69 Å². The first kappa shape index (κ1) is 11.7. The van der Waals surface area contributed by atoms with Gasteiger partial charge < -0.3 is 10.1 Å². The summed E-state index contributed by atoms with van der Waals surface area (Å²) in [7, 11) is 0. The molecule has 2 saturated heterocycles. The molecule has 4 rings (SSSR count). The molecule has 98 valence electrons. The van der Waals surface area contributed by atoms with E-state index in [0.717, 1.165) is 4.47 Å². The van der Waals surface area contributed by atoms with Crippen molar-refractivity contribution in [2.45, 2.75) is 11.8 Å². The maximum Gasteiger partial charge on any atom is 0.326 e. The van der Waals surface area contributed by atoms with Gasteiger partial charge in [-0.3, -0.25) is 9.59 Å². The molecule has 0 saturated carbocycles. The van der Waals surface area contributed by atoms with Gasteiger partial charge in [0.15, 0.2) is 0 Å². The molecule has 3 heterocycles. The summed E-state index contributed by atoms with van der Waals surface area (Å²) in [4.78, 5) is 26.2. The van der Waals surface area contributed by atoms with Crippen molar-refractivity contribution in [1.82, 2.24) is 4.90 Å². The van der Waals surface area contributed by atoms with Crippen molar-refractivity contribution in [3.8, 4) is 0 Å². The first-order valence-electron chi connectivity index (χ1n) is 5.82. The van der Waals surface area contributed by atoms with Gasteiger partial charge in [0.1, 0.15) is 6.04 Å². The number of carbonyl (C=O) groups is 2. The van der Waals surface area contributed by atoms with E-state index in [1.807, 2.05) is 23.1 Å². The van der Waals surface area contributed by atoms with Crippen LogP contribution in [0.5, 0.6) is 0 Å². The first-order chi connectivity index (χ1) is 9.13. The molecule has 0 bridgehead atoms. The zero-order chi connectivity index (χ0) is 13.2. The minimum absolute atomic E-state index is 0.279. The minimum Gasteiger partial charge on any atom is -0.428 e. The predicted molar refractivity (Wildman–Crippen MR) is 73.5 cm³/mol. The number of benzene rings is 1. The summed E-state index contributed by atoms with van der Waals surface area (Å²) in [6.07, 6.45) is 0. The molecule has 0 aliphatic carbocycles. The molecule has 1 N–H and O–H groups in total. The molecule has 1 aromatic rings. The Labute approximate surface area is 121 Å². The number of thioether (sulfide) groups is 1. The van der Waals surface area contributed by atoms with E-state index in [1.54, 1.807) is 11.8 Å². The van der Waals surface area contributed by atoms with Crippen LogP contribution in [0.15, 0.2) is 22.7 Å². The Bertz CT molecular complexity index is 623. The third-order valence-electron chi connectivity index (χ3n) is 3.71. The van der Waals surface area contributed by atoms with Crippen LogP contribution in [-0.4, -0.2) is 34.4 Å². The number of fused-ring (bicyclic) bond motifs is 4. The van der Waals surface area contributed by atoms with E-state index in [1.165, 1.54) is 0 Å². The van der Waals surface area contributed by atoms with Crippen LogP contribution in [0, 0.1) is 0 Å². The number of ether oxygens (including phenoxy) is 1. The van der Waals surface area contributed by atoms with Crippen molar-refractivity contribution in [2.24, 2.45) is 0 Å². The third kappa shape index (κ3) is 1.35. The molecule has 3 aliphatic rings. The van der Waals surface area contributed by atoms with E-state index in [2.05, 4.69) is 21.2 Å². The molecule has 1 amide bonds.